The van der Waals surface area contributed by atoms with Crippen LogP contribution in [0.15, 0.2) is 30.3 Å². The first-order valence-electron chi connectivity index (χ1n) is 4.36. The molecule has 0 radical (unpaired) electrons. The largest absolute Gasteiger partial charge is 0.493 e. The van der Waals surface area contributed by atoms with E-state index in [1.54, 1.807) is 24.3 Å². The van der Waals surface area contributed by atoms with Crippen LogP contribution in [0.25, 0.3) is 5.69 Å². The molecule has 1 aromatic heterocycles. The average Bonchev–Trinajstić information content (AvgIpc) is 2.62. The molecule has 6 heteroatoms. The van der Waals surface area contributed by atoms with Crippen molar-refractivity contribution >= 4 is 17.6 Å². The zero-order valence-corrected chi connectivity index (χ0v) is 8.72. The summed E-state index contributed by atoms with van der Waals surface area (Å²) in [4.78, 5) is 10.6. The molecule has 0 aliphatic carbocycles. The molecule has 0 amide bonds. The van der Waals surface area contributed by atoms with E-state index in [2.05, 4.69) is 5.10 Å². The third-order valence-electron chi connectivity index (χ3n) is 1.98. The second-order valence-electron chi connectivity index (χ2n) is 3.08. The van der Waals surface area contributed by atoms with E-state index >= 15 is 0 Å². The number of aromatic hydroxyl groups is 1. The van der Waals surface area contributed by atoms with Gasteiger partial charge >= 0.3 is 5.97 Å². The number of hydrogen-bond donors (Lipinski definition) is 2. The Labute approximate surface area is 95.5 Å². The normalized spacial score (nSPS) is 10.3. The topological polar surface area (TPSA) is 75.3 Å². The van der Waals surface area contributed by atoms with E-state index in [9.17, 15) is 9.90 Å². The minimum Gasteiger partial charge on any atom is -0.493 e. The van der Waals surface area contributed by atoms with Gasteiger partial charge in [0, 0.05) is 11.1 Å². The van der Waals surface area contributed by atoms with Crippen LogP contribution in [0.4, 0.5) is 0 Å². The van der Waals surface area contributed by atoms with Crippen LogP contribution >= 0.6 is 11.6 Å². The van der Waals surface area contributed by atoms with Crippen molar-refractivity contribution in [2.24, 2.45) is 0 Å². The molecule has 1 aromatic carbocycles. The van der Waals surface area contributed by atoms with Crippen LogP contribution in [0.3, 0.4) is 0 Å². The van der Waals surface area contributed by atoms with Crippen molar-refractivity contribution in [3.05, 3.63) is 41.0 Å². The number of rotatable bonds is 2. The van der Waals surface area contributed by atoms with Crippen molar-refractivity contribution in [1.82, 2.24) is 9.78 Å². The van der Waals surface area contributed by atoms with Crippen LogP contribution in [0.2, 0.25) is 5.02 Å². The predicted molar refractivity (Wildman–Crippen MR) is 57.2 cm³/mol. The second kappa shape index (κ2) is 3.86. The summed E-state index contributed by atoms with van der Waals surface area (Å²) in [6, 6.07) is 7.58. The number of aromatic carboxylic acids is 1. The van der Waals surface area contributed by atoms with E-state index in [0.717, 1.165) is 10.7 Å². The Morgan fingerprint density at radius 3 is 2.44 bits per heavy atom. The van der Waals surface area contributed by atoms with Crippen molar-refractivity contribution in [3.8, 4) is 11.6 Å². The second-order valence-corrected chi connectivity index (χ2v) is 3.52. The fourth-order valence-electron chi connectivity index (χ4n) is 1.25. The van der Waals surface area contributed by atoms with E-state index in [1.165, 1.54) is 0 Å². The van der Waals surface area contributed by atoms with Gasteiger partial charge in [0.2, 0.25) is 5.88 Å². The van der Waals surface area contributed by atoms with Crippen LogP contribution in [-0.2, 0) is 0 Å². The Morgan fingerprint density at radius 1 is 1.31 bits per heavy atom. The van der Waals surface area contributed by atoms with Gasteiger partial charge in [0.05, 0.1) is 5.69 Å². The minimum atomic E-state index is -1.19. The number of carbonyl (C=O) groups is 1. The quantitative estimate of drug-likeness (QED) is 0.838. The van der Waals surface area contributed by atoms with E-state index < -0.39 is 5.97 Å². The maximum atomic E-state index is 10.6. The molecular formula is C10H7ClN2O3. The number of halogens is 1. The fourth-order valence-corrected chi connectivity index (χ4v) is 1.37. The summed E-state index contributed by atoms with van der Waals surface area (Å²) < 4.78 is 1.12. The first kappa shape index (κ1) is 10.5. The molecule has 5 nitrogen and oxygen atoms in total. The number of carboxylic acids is 1. The number of benzene rings is 1. The van der Waals surface area contributed by atoms with E-state index in [-0.39, 0.29) is 11.6 Å². The summed E-state index contributed by atoms with van der Waals surface area (Å²) in [5.74, 6) is -1.43. The van der Waals surface area contributed by atoms with Crippen LogP contribution < -0.4 is 0 Å². The molecule has 0 atom stereocenters. The summed E-state index contributed by atoms with van der Waals surface area (Å²) in [6.45, 7) is 0. The number of aromatic nitrogens is 2. The molecule has 0 unspecified atom stereocenters. The molecule has 0 aliphatic rings. The average molecular weight is 239 g/mol. The lowest BCUT2D eigenvalue weighted by atomic mass is 10.3. The van der Waals surface area contributed by atoms with Gasteiger partial charge in [-0.05, 0) is 24.3 Å². The van der Waals surface area contributed by atoms with Crippen molar-refractivity contribution in [1.29, 1.82) is 0 Å². The maximum absolute atomic E-state index is 10.6. The zero-order valence-electron chi connectivity index (χ0n) is 7.96. The van der Waals surface area contributed by atoms with Gasteiger partial charge in [0.1, 0.15) is 0 Å². The van der Waals surface area contributed by atoms with Gasteiger partial charge in [0.15, 0.2) is 5.69 Å². The summed E-state index contributed by atoms with van der Waals surface area (Å²) in [7, 11) is 0. The third-order valence-corrected chi connectivity index (χ3v) is 2.23. The first-order valence-corrected chi connectivity index (χ1v) is 4.74. The summed E-state index contributed by atoms with van der Waals surface area (Å²) in [6.07, 6.45) is 0. The Bertz CT molecular complexity index is 533. The van der Waals surface area contributed by atoms with Crippen LogP contribution in [-0.4, -0.2) is 26.0 Å². The highest BCUT2D eigenvalue weighted by Gasteiger charge is 2.13. The highest BCUT2D eigenvalue weighted by atomic mass is 35.5. The van der Waals surface area contributed by atoms with E-state index in [1.807, 2.05) is 0 Å². The number of carboxylic acid groups (broad SMARTS) is 1. The Hall–Kier alpha value is -2.01. The molecule has 16 heavy (non-hydrogen) atoms. The van der Waals surface area contributed by atoms with Gasteiger partial charge in [-0.1, -0.05) is 11.6 Å². The summed E-state index contributed by atoms with van der Waals surface area (Å²) >= 11 is 5.71. The minimum absolute atomic E-state index is 0.215. The molecular weight excluding hydrogens is 232 g/mol. The standard InChI is InChI=1S/C10H7ClN2O3/c11-6-1-3-7(4-2-6)13-9(14)5-8(12-13)10(15)16/h1-5,14H,(H,15,16). The SMILES string of the molecule is O=C(O)c1cc(O)n(-c2ccc(Cl)cc2)n1. The van der Waals surface area contributed by atoms with Crippen LogP contribution in [0.1, 0.15) is 10.5 Å². The predicted octanol–water partition coefficient (Wildman–Crippen LogP) is 1.93. The lowest BCUT2D eigenvalue weighted by molar-refractivity contribution is 0.0690. The van der Waals surface area contributed by atoms with Crippen LogP contribution in [0, 0.1) is 0 Å². The smallest absolute Gasteiger partial charge is 0.356 e. The Balaban J connectivity index is 2.47. The lowest BCUT2D eigenvalue weighted by Crippen LogP contribution is -2.00. The van der Waals surface area contributed by atoms with Gasteiger partial charge in [0.25, 0.3) is 0 Å². The van der Waals surface area contributed by atoms with Gasteiger partial charge in [-0.2, -0.15) is 5.10 Å². The van der Waals surface area contributed by atoms with E-state index in [4.69, 9.17) is 16.7 Å². The number of hydrogen-bond acceptors (Lipinski definition) is 3. The molecule has 0 saturated heterocycles. The van der Waals surface area contributed by atoms with Gasteiger partial charge in [-0.3, -0.25) is 0 Å². The molecule has 0 spiro atoms. The van der Waals surface area contributed by atoms with Gasteiger partial charge < -0.3 is 10.2 Å². The Kier molecular flexibility index (Phi) is 2.54. The molecule has 0 bridgehead atoms. The molecule has 2 aromatic rings. The van der Waals surface area contributed by atoms with Crippen molar-refractivity contribution < 1.29 is 15.0 Å². The third kappa shape index (κ3) is 1.85. The van der Waals surface area contributed by atoms with Crippen molar-refractivity contribution in [3.63, 3.8) is 0 Å². The molecule has 0 aliphatic heterocycles. The highest BCUT2D eigenvalue weighted by Crippen LogP contribution is 2.19. The van der Waals surface area contributed by atoms with Gasteiger partial charge in [-0.25, -0.2) is 9.48 Å². The molecule has 2 rings (SSSR count). The molecule has 0 fully saturated rings. The molecule has 2 N–H and O–H groups in total. The fraction of sp³-hybridized carbons (Fsp3) is 0. The van der Waals surface area contributed by atoms with E-state index in [0.29, 0.717) is 10.7 Å². The number of nitrogens with zero attached hydrogens (tertiary/aromatic N) is 2. The zero-order chi connectivity index (χ0) is 11.7. The monoisotopic (exact) mass is 238 g/mol. The lowest BCUT2D eigenvalue weighted by Gasteiger charge is -2.01. The summed E-state index contributed by atoms with van der Waals surface area (Å²) in [5, 5.41) is 22.5. The highest BCUT2D eigenvalue weighted by molar-refractivity contribution is 6.30. The molecule has 1 heterocycles. The van der Waals surface area contributed by atoms with Crippen LogP contribution in [0.5, 0.6) is 5.88 Å². The molecule has 82 valence electrons. The maximum Gasteiger partial charge on any atom is 0.356 e. The van der Waals surface area contributed by atoms with Crippen molar-refractivity contribution in [2.45, 2.75) is 0 Å². The Morgan fingerprint density at radius 2 is 1.94 bits per heavy atom. The molecule has 0 saturated carbocycles. The van der Waals surface area contributed by atoms with Crippen molar-refractivity contribution in [2.75, 3.05) is 0 Å². The first-order chi connectivity index (χ1) is 7.58. The van der Waals surface area contributed by atoms with Gasteiger partial charge in [-0.15, -0.1) is 0 Å². The summed E-state index contributed by atoms with van der Waals surface area (Å²) in [5.41, 5.74) is 0.321.